The van der Waals surface area contributed by atoms with Crippen LogP contribution in [0.4, 0.5) is 0 Å². The summed E-state index contributed by atoms with van der Waals surface area (Å²) < 4.78 is 0. The average molecular weight is 178 g/mol. The molecule has 1 heterocycles. The van der Waals surface area contributed by atoms with Gasteiger partial charge < -0.3 is 10.7 Å². The monoisotopic (exact) mass is 178 g/mol. The van der Waals surface area contributed by atoms with E-state index < -0.39 is 0 Å². The Morgan fingerprint density at radius 2 is 1.92 bits per heavy atom. The second-order valence-electron chi connectivity index (χ2n) is 4.33. The minimum Gasteiger partial charge on any atom is -0.365 e. The molecule has 0 saturated heterocycles. The molecule has 1 fully saturated rings. The molecule has 1 saturated carbocycles. The SMILES string of the molecule is Cc1c[nH]c(C)c1C1(N)CCCC1. The van der Waals surface area contributed by atoms with Crippen molar-refractivity contribution in [2.24, 2.45) is 5.73 Å². The summed E-state index contributed by atoms with van der Waals surface area (Å²) >= 11 is 0. The Kier molecular flexibility index (Phi) is 1.95. The second kappa shape index (κ2) is 2.88. The molecule has 1 aromatic heterocycles. The molecule has 1 aromatic rings. The lowest BCUT2D eigenvalue weighted by molar-refractivity contribution is 0.457. The second-order valence-corrected chi connectivity index (χ2v) is 4.33. The molecular weight excluding hydrogens is 160 g/mol. The maximum atomic E-state index is 6.41. The third-order valence-electron chi connectivity index (χ3n) is 3.27. The Morgan fingerprint density at radius 3 is 2.38 bits per heavy atom. The molecule has 1 aliphatic carbocycles. The van der Waals surface area contributed by atoms with Crippen molar-refractivity contribution in [3.8, 4) is 0 Å². The number of H-pyrrole nitrogens is 1. The molecule has 2 heteroatoms. The van der Waals surface area contributed by atoms with Crippen molar-refractivity contribution in [3.05, 3.63) is 23.0 Å². The van der Waals surface area contributed by atoms with Crippen molar-refractivity contribution >= 4 is 0 Å². The summed E-state index contributed by atoms with van der Waals surface area (Å²) in [7, 11) is 0. The Hall–Kier alpha value is -0.760. The van der Waals surface area contributed by atoms with Gasteiger partial charge in [-0.3, -0.25) is 0 Å². The van der Waals surface area contributed by atoms with Gasteiger partial charge in [-0.25, -0.2) is 0 Å². The van der Waals surface area contributed by atoms with Crippen LogP contribution in [0.2, 0.25) is 0 Å². The summed E-state index contributed by atoms with van der Waals surface area (Å²) in [5.74, 6) is 0. The molecule has 0 unspecified atom stereocenters. The highest BCUT2D eigenvalue weighted by Gasteiger charge is 2.34. The molecule has 0 bridgehead atoms. The Morgan fingerprint density at radius 1 is 1.31 bits per heavy atom. The molecular formula is C11H18N2. The van der Waals surface area contributed by atoms with Crippen molar-refractivity contribution in [1.29, 1.82) is 0 Å². The molecule has 0 aromatic carbocycles. The normalized spacial score (nSPS) is 20.8. The van der Waals surface area contributed by atoms with E-state index in [1.807, 2.05) is 0 Å². The Balaban J connectivity index is 2.43. The summed E-state index contributed by atoms with van der Waals surface area (Å²) in [6.45, 7) is 4.26. The maximum Gasteiger partial charge on any atom is 0.0430 e. The van der Waals surface area contributed by atoms with Crippen LogP contribution in [0.15, 0.2) is 6.20 Å². The van der Waals surface area contributed by atoms with Crippen LogP contribution in [0.1, 0.15) is 42.5 Å². The van der Waals surface area contributed by atoms with E-state index in [1.165, 1.54) is 29.7 Å². The molecule has 0 radical (unpaired) electrons. The van der Waals surface area contributed by atoms with Crippen LogP contribution >= 0.6 is 0 Å². The van der Waals surface area contributed by atoms with Crippen LogP contribution in [0.3, 0.4) is 0 Å². The molecule has 0 aliphatic heterocycles. The number of nitrogens with two attached hydrogens (primary N) is 1. The summed E-state index contributed by atoms with van der Waals surface area (Å²) in [6, 6.07) is 0. The summed E-state index contributed by atoms with van der Waals surface area (Å²) in [5, 5.41) is 0. The van der Waals surface area contributed by atoms with Gasteiger partial charge in [0, 0.05) is 17.4 Å². The standard InChI is InChI=1S/C11H18N2/c1-8-7-13-9(2)10(8)11(12)5-3-4-6-11/h7,13H,3-6,12H2,1-2H3. The smallest absolute Gasteiger partial charge is 0.0430 e. The van der Waals surface area contributed by atoms with E-state index >= 15 is 0 Å². The number of aromatic amines is 1. The minimum atomic E-state index is -0.0336. The molecule has 0 atom stereocenters. The van der Waals surface area contributed by atoms with Gasteiger partial charge in [0.15, 0.2) is 0 Å². The van der Waals surface area contributed by atoms with Crippen molar-refractivity contribution in [2.45, 2.75) is 45.1 Å². The summed E-state index contributed by atoms with van der Waals surface area (Å²) in [6.07, 6.45) is 6.91. The fraction of sp³-hybridized carbons (Fsp3) is 0.636. The van der Waals surface area contributed by atoms with Gasteiger partial charge in [0.1, 0.15) is 0 Å². The topological polar surface area (TPSA) is 41.8 Å². The fourth-order valence-corrected chi connectivity index (χ4v) is 2.68. The lowest BCUT2D eigenvalue weighted by atomic mass is 9.87. The lowest BCUT2D eigenvalue weighted by Gasteiger charge is -2.25. The largest absolute Gasteiger partial charge is 0.365 e. The highest BCUT2D eigenvalue weighted by Crippen LogP contribution is 2.39. The number of aryl methyl sites for hydroxylation is 2. The molecule has 2 nitrogen and oxygen atoms in total. The van der Waals surface area contributed by atoms with Crippen LogP contribution in [0.5, 0.6) is 0 Å². The van der Waals surface area contributed by atoms with Crippen LogP contribution in [-0.2, 0) is 5.54 Å². The number of nitrogens with one attached hydrogen (secondary N) is 1. The van der Waals surface area contributed by atoms with E-state index in [0.717, 1.165) is 12.8 Å². The first-order valence-corrected chi connectivity index (χ1v) is 5.07. The van der Waals surface area contributed by atoms with Gasteiger partial charge in [-0.1, -0.05) is 12.8 Å². The molecule has 0 spiro atoms. The Labute approximate surface area is 79.5 Å². The number of hydrogen-bond acceptors (Lipinski definition) is 1. The van der Waals surface area contributed by atoms with Gasteiger partial charge in [0.2, 0.25) is 0 Å². The molecule has 3 N–H and O–H groups in total. The van der Waals surface area contributed by atoms with Gasteiger partial charge in [-0.05, 0) is 37.8 Å². The van der Waals surface area contributed by atoms with E-state index in [-0.39, 0.29) is 5.54 Å². The first-order valence-electron chi connectivity index (χ1n) is 5.07. The van der Waals surface area contributed by atoms with Crippen molar-refractivity contribution in [2.75, 3.05) is 0 Å². The van der Waals surface area contributed by atoms with Gasteiger partial charge in [-0.2, -0.15) is 0 Å². The van der Waals surface area contributed by atoms with Gasteiger partial charge in [-0.15, -0.1) is 0 Å². The molecule has 72 valence electrons. The van der Waals surface area contributed by atoms with Crippen LogP contribution in [-0.4, -0.2) is 4.98 Å². The maximum absolute atomic E-state index is 6.41. The number of aromatic nitrogens is 1. The number of hydrogen-bond donors (Lipinski definition) is 2. The Bertz CT molecular complexity index is 286. The molecule has 13 heavy (non-hydrogen) atoms. The minimum absolute atomic E-state index is 0.0336. The van der Waals surface area contributed by atoms with E-state index in [2.05, 4.69) is 25.0 Å². The van der Waals surface area contributed by atoms with Crippen LogP contribution in [0, 0.1) is 13.8 Å². The number of rotatable bonds is 1. The van der Waals surface area contributed by atoms with Crippen LogP contribution < -0.4 is 5.73 Å². The zero-order valence-electron chi connectivity index (χ0n) is 8.48. The van der Waals surface area contributed by atoms with Crippen molar-refractivity contribution < 1.29 is 0 Å². The quantitative estimate of drug-likeness (QED) is 0.681. The zero-order chi connectivity index (χ0) is 9.47. The van der Waals surface area contributed by atoms with Crippen LogP contribution in [0.25, 0.3) is 0 Å². The summed E-state index contributed by atoms with van der Waals surface area (Å²) in [5.41, 5.74) is 10.3. The van der Waals surface area contributed by atoms with Gasteiger partial charge in [0.25, 0.3) is 0 Å². The lowest BCUT2D eigenvalue weighted by Crippen LogP contribution is -2.34. The molecule has 1 aliphatic rings. The predicted octanol–water partition coefficient (Wildman–Crippen LogP) is 2.36. The van der Waals surface area contributed by atoms with Gasteiger partial charge >= 0.3 is 0 Å². The van der Waals surface area contributed by atoms with E-state index in [0.29, 0.717) is 0 Å². The molecule has 0 amide bonds. The third kappa shape index (κ3) is 1.29. The fourth-order valence-electron chi connectivity index (χ4n) is 2.68. The predicted molar refractivity (Wildman–Crippen MR) is 54.6 cm³/mol. The van der Waals surface area contributed by atoms with Crippen molar-refractivity contribution in [3.63, 3.8) is 0 Å². The summed E-state index contributed by atoms with van der Waals surface area (Å²) in [4.78, 5) is 3.26. The van der Waals surface area contributed by atoms with Crippen molar-refractivity contribution in [1.82, 2.24) is 4.98 Å². The first-order chi connectivity index (χ1) is 6.13. The zero-order valence-corrected chi connectivity index (χ0v) is 8.48. The van der Waals surface area contributed by atoms with Gasteiger partial charge in [0.05, 0.1) is 0 Å². The van der Waals surface area contributed by atoms with E-state index in [9.17, 15) is 0 Å². The third-order valence-corrected chi connectivity index (χ3v) is 3.27. The van der Waals surface area contributed by atoms with E-state index in [4.69, 9.17) is 5.73 Å². The highest BCUT2D eigenvalue weighted by atomic mass is 14.8. The highest BCUT2D eigenvalue weighted by molar-refractivity contribution is 5.36. The molecule has 2 rings (SSSR count). The van der Waals surface area contributed by atoms with E-state index in [1.54, 1.807) is 0 Å². The first kappa shape index (κ1) is 8.82. The average Bonchev–Trinajstić information content (AvgIpc) is 2.60.